The van der Waals surface area contributed by atoms with Crippen LogP contribution < -0.4 is 5.32 Å². The minimum atomic E-state index is -0.973. The number of allylic oxidation sites excluding steroid dienone is 3. The molecule has 0 radical (unpaired) electrons. The van der Waals surface area contributed by atoms with E-state index < -0.39 is 10.8 Å². The molecule has 0 fully saturated rings. The molecule has 1 rings (SSSR count). The Morgan fingerprint density at radius 2 is 2.00 bits per heavy atom. The molecule has 3 nitrogen and oxygen atoms in total. The third kappa shape index (κ3) is 6.15. The lowest BCUT2D eigenvalue weighted by atomic mass is 10.1. The van der Waals surface area contributed by atoms with E-state index in [4.69, 9.17) is 0 Å². The van der Waals surface area contributed by atoms with Crippen LogP contribution >= 0.6 is 0 Å². The van der Waals surface area contributed by atoms with Gasteiger partial charge in [-0.1, -0.05) is 48.6 Å². The third-order valence-corrected chi connectivity index (χ3v) is 3.27. The molecule has 0 aliphatic heterocycles. The van der Waals surface area contributed by atoms with Crippen LogP contribution in [0.4, 0.5) is 0 Å². The molecule has 0 unspecified atom stereocenters. The van der Waals surface area contributed by atoms with Crippen LogP contribution in [0, 0.1) is 0 Å². The molecule has 4 heteroatoms. The smallest absolute Gasteiger partial charge is 0.244 e. The highest BCUT2D eigenvalue weighted by atomic mass is 32.2. The maximum atomic E-state index is 11.8. The first-order valence-electron chi connectivity index (χ1n) is 6.08. The summed E-state index contributed by atoms with van der Waals surface area (Å²) in [4.78, 5) is 11.8. The molecule has 2 atom stereocenters. The van der Waals surface area contributed by atoms with Crippen molar-refractivity contribution in [1.82, 2.24) is 5.32 Å². The number of nitrogens with one attached hydrogen (secondary N) is 1. The predicted molar refractivity (Wildman–Crippen MR) is 80.2 cm³/mol. The quantitative estimate of drug-likeness (QED) is 0.641. The number of hydrogen-bond donors (Lipinski definition) is 1. The normalized spacial score (nSPS) is 14.6. The van der Waals surface area contributed by atoms with E-state index in [2.05, 4.69) is 5.32 Å². The SMILES string of the molecule is C/C=C/C=C/C(=O)N[C@@H](C[S@](C)=O)c1ccccc1. The van der Waals surface area contributed by atoms with Gasteiger partial charge in [-0.05, 0) is 12.5 Å². The molecular weight excluding hydrogens is 258 g/mol. The van der Waals surface area contributed by atoms with Gasteiger partial charge in [-0.3, -0.25) is 9.00 Å². The van der Waals surface area contributed by atoms with E-state index in [0.717, 1.165) is 5.56 Å². The van der Waals surface area contributed by atoms with Gasteiger partial charge >= 0.3 is 0 Å². The Labute approximate surface area is 116 Å². The van der Waals surface area contributed by atoms with Crippen LogP contribution in [0.2, 0.25) is 0 Å². The summed E-state index contributed by atoms with van der Waals surface area (Å²) in [6.45, 7) is 1.88. The van der Waals surface area contributed by atoms with Crippen LogP contribution in [0.15, 0.2) is 54.6 Å². The molecule has 1 aromatic rings. The van der Waals surface area contributed by atoms with Gasteiger partial charge in [-0.25, -0.2) is 0 Å². The lowest BCUT2D eigenvalue weighted by Gasteiger charge is -2.17. The third-order valence-electron chi connectivity index (χ3n) is 2.47. The van der Waals surface area contributed by atoms with Gasteiger partial charge in [-0.15, -0.1) is 0 Å². The molecule has 0 heterocycles. The molecule has 0 aliphatic rings. The Balaban J connectivity index is 2.76. The molecule has 102 valence electrons. The number of hydrogen-bond acceptors (Lipinski definition) is 2. The summed E-state index contributed by atoms with van der Waals surface area (Å²) in [6.07, 6.45) is 8.42. The average molecular weight is 277 g/mol. The number of benzene rings is 1. The Hall–Kier alpha value is -1.68. The van der Waals surface area contributed by atoms with E-state index in [1.54, 1.807) is 18.4 Å². The van der Waals surface area contributed by atoms with Crippen LogP contribution in [-0.2, 0) is 15.6 Å². The van der Waals surface area contributed by atoms with Crippen molar-refractivity contribution in [2.45, 2.75) is 13.0 Å². The van der Waals surface area contributed by atoms with Gasteiger partial charge in [0.15, 0.2) is 0 Å². The summed E-state index contributed by atoms with van der Waals surface area (Å²) < 4.78 is 11.4. The second-order valence-electron chi connectivity index (χ2n) is 4.10. The molecule has 1 N–H and O–H groups in total. The van der Waals surface area contributed by atoms with Crippen LogP contribution in [0.25, 0.3) is 0 Å². The molecule has 1 aromatic carbocycles. The molecule has 0 aromatic heterocycles. The molecule has 0 spiro atoms. The van der Waals surface area contributed by atoms with E-state index in [-0.39, 0.29) is 11.9 Å². The van der Waals surface area contributed by atoms with Crippen molar-refractivity contribution >= 4 is 16.7 Å². The number of rotatable bonds is 6. The number of amides is 1. The molecule has 19 heavy (non-hydrogen) atoms. The van der Waals surface area contributed by atoms with Crippen LogP contribution in [0.5, 0.6) is 0 Å². The lowest BCUT2D eigenvalue weighted by Crippen LogP contribution is -2.30. The van der Waals surface area contributed by atoms with Crippen LogP contribution in [0.3, 0.4) is 0 Å². The first-order chi connectivity index (χ1) is 9.13. The Morgan fingerprint density at radius 1 is 1.32 bits per heavy atom. The molecule has 0 saturated carbocycles. The second kappa shape index (κ2) is 8.43. The van der Waals surface area contributed by atoms with Gasteiger partial charge in [0.1, 0.15) is 0 Å². The van der Waals surface area contributed by atoms with Gasteiger partial charge < -0.3 is 5.32 Å². The van der Waals surface area contributed by atoms with Gasteiger partial charge in [0.2, 0.25) is 5.91 Å². The fourth-order valence-corrected chi connectivity index (χ4v) is 2.36. The van der Waals surface area contributed by atoms with Gasteiger partial charge in [0.05, 0.1) is 6.04 Å². The monoisotopic (exact) mass is 277 g/mol. The maximum absolute atomic E-state index is 11.8. The van der Waals surface area contributed by atoms with Gasteiger partial charge in [0.25, 0.3) is 0 Å². The zero-order chi connectivity index (χ0) is 14.1. The fraction of sp³-hybridized carbons (Fsp3) is 0.267. The van der Waals surface area contributed by atoms with Crippen molar-refractivity contribution in [1.29, 1.82) is 0 Å². The zero-order valence-corrected chi connectivity index (χ0v) is 12.0. The highest BCUT2D eigenvalue weighted by Crippen LogP contribution is 2.13. The second-order valence-corrected chi connectivity index (χ2v) is 5.58. The highest BCUT2D eigenvalue weighted by molar-refractivity contribution is 7.84. The van der Waals surface area contributed by atoms with Crippen molar-refractivity contribution in [3.63, 3.8) is 0 Å². The topological polar surface area (TPSA) is 46.2 Å². The largest absolute Gasteiger partial charge is 0.345 e. The van der Waals surface area contributed by atoms with E-state index in [0.29, 0.717) is 5.75 Å². The van der Waals surface area contributed by atoms with E-state index in [1.807, 2.05) is 43.3 Å². The van der Waals surface area contributed by atoms with Gasteiger partial charge in [-0.2, -0.15) is 0 Å². The fourth-order valence-electron chi connectivity index (χ4n) is 1.62. The van der Waals surface area contributed by atoms with E-state index >= 15 is 0 Å². The summed E-state index contributed by atoms with van der Waals surface area (Å²) >= 11 is 0. The average Bonchev–Trinajstić information content (AvgIpc) is 2.39. The summed E-state index contributed by atoms with van der Waals surface area (Å²) in [6, 6.07) is 9.35. The first-order valence-corrected chi connectivity index (χ1v) is 7.81. The minimum absolute atomic E-state index is 0.183. The number of carbonyl (C=O) groups excluding carboxylic acids is 1. The summed E-state index contributed by atoms with van der Waals surface area (Å²) in [5, 5.41) is 2.87. The zero-order valence-electron chi connectivity index (χ0n) is 11.2. The predicted octanol–water partition coefficient (Wildman–Crippen LogP) is 2.35. The highest BCUT2D eigenvalue weighted by Gasteiger charge is 2.14. The van der Waals surface area contributed by atoms with Crippen molar-refractivity contribution in [2.75, 3.05) is 12.0 Å². The Bertz CT molecular complexity index is 480. The molecular formula is C15H19NO2S. The first kappa shape index (κ1) is 15.4. The Morgan fingerprint density at radius 3 is 2.58 bits per heavy atom. The molecule has 1 amide bonds. The van der Waals surface area contributed by atoms with Crippen molar-refractivity contribution in [2.24, 2.45) is 0 Å². The van der Waals surface area contributed by atoms with Crippen LogP contribution in [-0.4, -0.2) is 22.1 Å². The standard InChI is InChI=1S/C15H19NO2S/c1-3-4-6-11-15(17)16-14(12-19(2)18)13-9-7-5-8-10-13/h3-11,14H,12H2,1-2H3,(H,16,17)/b4-3+,11-6+/t14-,19-/m0/s1. The van der Waals surface area contributed by atoms with Gasteiger partial charge in [0, 0.05) is 28.9 Å². The van der Waals surface area contributed by atoms with E-state index in [9.17, 15) is 9.00 Å². The molecule has 0 saturated heterocycles. The van der Waals surface area contributed by atoms with E-state index in [1.165, 1.54) is 6.08 Å². The molecule has 0 aliphatic carbocycles. The van der Waals surface area contributed by atoms with Crippen molar-refractivity contribution in [3.05, 3.63) is 60.2 Å². The van der Waals surface area contributed by atoms with Crippen molar-refractivity contribution < 1.29 is 9.00 Å². The summed E-state index contributed by atoms with van der Waals surface area (Å²) in [5.74, 6) is 0.227. The maximum Gasteiger partial charge on any atom is 0.244 e. The lowest BCUT2D eigenvalue weighted by molar-refractivity contribution is -0.117. The molecule has 0 bridgehead atoms. The van der Waals surface area contributed by atoms with Crippen LogP contribution in [0.1, 0.15) is 18.5 Å². The van der Waals surface area contributed by atoms with Crippen molar-refractivity contribution in [3.8, 4) is 0 Å². The number of carbonyl (C=O) groups is 1. The summed E-state index contributed by atoms with van der Waals surface area (Å²) in [7, 11) is -0.973. The Kier molecular flexibility index (Phi) is 6.82. The summed E-state index contributed by atoms with van der Waals surface area (Å²) in [5.41, 5.74) is 0.963. The minimum Gasteiger partial charge on any atom is -0.345 e.